The van der Waals surface area contributed by atoms with Crippen molar-refractivity contribution in [3.8, 4) is 0 Å². The number of benzene rings is 1. The van der Waals surface area contributed by atoms with Gasteiger partial charge in [0.2, 0.25) is 0 Å². The quantitative estimate of drug-likeness (QED) is 0.622. The lowest BCUT2D eigenvalue weighted by Crippen LogP contribution is -2.24. The van der Waals surface area contributed by atoms with Gasteiger partial charge in [-0.1, -0.05) is 29.4 Å². The fraction of sp³-hybridized carbons (Fsp3) is 0.364. The van der Waals surface area contributed by atoms with Crippen LogP contribution in [0, 0.1) is 0 Å². The van der Waals surface area contributed by atoms with Crippen LogP contribution in [0.25, 0.3) is 0 Å². The van der Waals surface area contributed by atoms with Crippen LogP contribution in [0.5, 0.6) is 0 Å². The molecule has 1 aromatic carbocycles. The summed E-state index contributed by atoms with van der Waals surface area (Å²) in [7, 11) is -5.69. The van der Waals surface area contributed by atoms with Gasteiger partial charge in [0.1, 0.15) is 0 Å². The zero-order valence-corrected chi connectivity index (χ0v) is 10.5. The van der Waals surface area contributed by atoms with E-state index < -0.39 is 15.6 Å². The normalized spacial score (nSPS) is 18.2. The fourth-order valence-electron chi connectivity index (χ4n) is 1.83. The molecular formula is C11H10F3NO3S. The molecule has 0 atom stereocenters. The van der Waals surface area contributed by atoms with Crippen molar-refractivity contribution in [2.75, 3.05) is 0 Å². The molecule has 1 aliphatic rings. The molecule has 0 radical (unpaired) electrons. The summed E-state index contributed by atoms with van der Waals surface area (Å²) in [5.74, 6) is 0. The van der Waals surface area contributed by atoms with Crippen molar-refractivity contribution in [3.63, 3.8) is 0 Å². The summed E-state index contributed by atoms with van der Waals surface area (Å²) in [6.07, 6.45) is 1.84. The lowest BCUT2D eigenvalue weighted by Gasteiger charge is -2.16. The van der Waals surface area contributed by atoms with Crippen LogP contribution in [0.15, 0.2) is 29.4 Å². The molecule has 4 nitrogen and oxygen atoms in total. The number of oxime groups is 1. The lowest BCUT2D eigenvalue weighted by molar-refractivity contribution is -0.0541. The van der Waals surface area contributed by atoms with E-state index in [1.54, 1.807) is 18.2 Å². The number of halogens is 3. The van der Waals surface area contributed by atoms with Gasteiger partial charge in [0.15, 0.2) is 0 Å². The molecule has 0 bridgehead atoms. The molecule has 1 aromatic rings. The summed E-state index contributed by atoms with van der Waals surface area (Å²) in [6, 6.07) is 7.01. The number of hydrogen-bond donors (Lipinski definition) is 0. The maximum atomic E-state index is 12.1. The summed E-state index contributed by atoms with van der Waals surface area (Å²) < 4.78 is 61.5. The molecule has 0 fully saturated rings. The van der Waals surface area contributed by atoms with Gasteiger partial charge in [-0.05, 0) is 24.8 Å². The first-order valence-electron chi connectivity index (χ1n) is 5.46. The van der Waals surface area contributed by atoms with E-state index in [0.717, 1.165) is 12.0 Å². The van der Waals surface area contributed by atoms with Gasteiger partial charge in [-0.15, -0.1) is 0 Å². The van der Waals surface area contributed by atoms with E-state index in [4.69, 9.17) is 0 Å². The van der Waals surface area contributed by atoms with E-state index in [1.807, 2.05) is 6.07 Å². The summed E-state index contributed by atoms with van der Waals surface area (Å²) >= 11 is 0. The van der Waals surface area contributed by atoms with Crippen LogP contribution in [-0.4, -0.2) is 19.6 Å². The van der Waals surface area contributed by atoms with Gasteiger partial charge < -0.3 is 0 Å². The Bertz CT molecular complexity index is 608. The molecule has 2 rings (SSSR count). The molecule has 0 heterocycles. The van der Waals surface area contributed by atoms with Gasteiger partial charge in [-0.3, -0.25) is 4.28 Å². The van der Waals surface area contributed by atoms with E-state index in [1.165, 1.54) is 0 Å². The van der Waals surface area contributed by atoms with Gasteiger partial charge in [0.25, 0.3) is 0 Å². The maximum absolute atomic E-state index is 12.1. The molecule has 0 aliphatic heterocycles. The Hall–Kier alpha value is -1.57. The molecular weight excluding hydrogens is 283 g/mol. The standard InChI is InChI=1S/C11H10F3NO3S/c12-11(13,14)19(16,17)18-15-10-7-3-5-8-4-1-2-6-9(8)10/h1-2,4,6H,3,5,7H2. The smallest absolute Gasteiger partial charge is 0.262 e. The van der Waals surface area contributed by atoms with Crippen molar-refractivity contribution in [2.24, 2.45) is 5.16 Å². The maximum Gasteiger partial charge on any atom is 0.536 e. The van der Waals surface area contributed by atoms with Crippen molar-refractivity contribution in [3.05, 3.63) is 35.4 Å². The average Bonchev–Trinajstić information content (AvgIpc) is 2.35. The Morgan fingerprint density at radius 2 is 1.84 bits per heavy atom. The minimum absolute atomic E-state index is 0.217. The van der Waals surface area contributed by atoms with Crippen LogP contribution >= 0.6 is 0 Å². The lowest BCUT2D eigenvalue weighted by atomic mass is 9.90. The van der Waals surface area contributed by atoms with Gasteiger partial charge >= 0.3 is 15.6 Å². The molecule has 0 amide bonds. The van der Waals surface area contributed by atoms with Gasteiger partial charge in [0, 0.05) is 5.56 Å². The zero-order chi connectivity index (χ0) is 14.1. The summed E-state index contributed by atoms with van der Waals surface area (Å²) in [6.45, 7) is 0. The minimum atomic E-state index is -5.69. The molecule has 0 unspecified atom stereocenters. The zero-order valence-electron chi connectivity index (χ0n) is 9.64. The Balaban J connectivity index is 2.28. The Morgan fingerprint density at radius 1 is 1.16 bits per heavy atom. The molecule has 0 saturated heterocycles. The van der Waals surface area contributed by atoms with E-state index in [9.17, 15) is 21.6 Å². The van der Waals surface area contributed by atoms with Crippen LogP contribution in [0.2, 0.25) is 0 Å². The topological polar surface area (TPSA) is 55.7 Å². The van der Waals surface area contributed by atoms with E-state index in [-0.39, 0.29) is 5.71 Å². The third-order valence-electron chi connectivity index (χ3n) is 2.72. The highest BCUT2D eigenvalue weighted by Gasteiger charge is 2.49. The molecule has 0 spiro atoms. The van der Waals surface area contributed by atoms with Crippen LogP contribution in [0.3, 0.4) is 0 Å². The molecule has 19 heavy (non-hydrogen) atoms. The van der Waals surface area contributed by atoms with Crippen molar-refractivity contribution >= 4 is 15.8 Å². The first kappa shape index (κ1) is 13.9. The minimum Gasteiger partial charge on any atom is -0.262 e. The summed E-state index contributed by atoms with van der Waals surface area (Å²) in [4.78, 5) is 0. The molecule has 104 valence electrons. The molecule has 1 aliphatic carbocycles. The van der Waals surface area contributed by atoms with Crippen molar-refractivity contribution in [1.29, 1.82) is 0 Å². The van der Waals surface area contributed by atoms with E-state index in [2.05, 4.69) is 9.44 Å². The SMILES string of the molecule is O=S(=O)(ON=C1CCCc2ccccc21)C(F)(F)F. The fourth-order valence-corrected chi connectivity index (χ4v) is 2.10. The van der Waals surface area contributed by atoms with Crippen LogP contribution in [0.1, 0.15) is 24.0 Å². The van der Waals surface area contributed by atoms with Crippen molar-refractivity contribution < 1.29 is 25.9 Å². The van der Waals surface area contributed by atoms with Crippen LogP contribution in [-0.2, 0) is 20.8 Å². The van der Waals surface area contributed by atoms with E-state index >= 15 is 0 Å². The first-order valence-corrected chi connectivity index (χ1v) is 6.87. The molecule has 0 N–H and O–H groups in total. The van der Waals surface area contributed by atoms with Gasteiger partial charge in [0.05, 0.1) is 5.71 Å². The van der Waals surface area contributed by atoms with Crippen LogP contribution in [0.4, 0.5) is 13.2 Å². The largest absolute Gasteiger partial charge is 0.536 e. The Morgan fingerprint density at radius 3 is 2.53 bits per heavy atom. The number of nitrogens with zero attached hydrogens (tertiary/aromatic N) is 1. The van der Waals surface area contributed by atoms with Gasteiger partial charge in [-0.25, -0.2) is 0 Å². The number of rotatable bonds is 2. The molecule has 0 saturated carbocycles. The highest BCUT2D eigenvalue weighted by molar-refractivity contribution is 7.87. The van der Waals surface area contributed by atoms with Crippen LogP contribution < -0.4 is 0 Å². The third kappa shape index (κ3) is 2.89. The molecule has 0 aromatic heterocycles. The number of alkyl halides is 3. The van der Waals surface area contributed by atoms with E-state index in [0.29, 0.717) is 18.4 Å². The average molecular weight is 293 g/mol. The highest BCUT2D eigenvalue weighted by atomic mass is 32.2. The summed E-state index contributed by atoms with van der Waals surface area (Å²) in [5, 5.41) is 3.17. The number of aryl methyl sites for hydroxylation is 1. The van der Waals surface area contributed by atoms with Crippen molar-refractivity contribution in [2.45, 2.75) is 24.8 Å². The molecule has 8 heteroatoms. The predicted molar refractivity (Wildman–Crippen MR) is 62.0 cm³/mol. The third-order valence-corrected chi connectivity index (χ3v) is 3.55. The number of hydrogen-bond acceptors (Lipinski definition) is 4. The summed E-state index contributed by atoms with van der Waals surface area (Å²) in [5.41, 5.74) is -3.70. The highest BCUT2D eigenvalue weighted by Crippen LogP contribution is 2.26. The number of fused-ring (bicyclic) bond motifs is 1. The van der Waals surface area contributed by atoms with Gasteiger partial charge in [-0.2, -0.15) is 21.6 Å². The first-order chi connectivity index (χ1) is 8.81. The monoisotopic (exact) mass is 293 g/mol. The Labute approximate surface area is 108 Å². The second-order valence-electron chi connectivity index (χ2n) is 4.02. The van der Waals surface area contributed by atoms with Crippen molar-refractivity contribution in [1.82, 2.24) is 0 Å². The predicted octanol–water partition coefficient (Wildman–Crippen LogP) is 2.59. The second-order valence-corrected chi connectivity index (χ2v) is 5.54. The second kappa shape index (κ2) is 4.84. The Kier molecular flexibility index (Phi) is 3.53.